The lowest BCUT2D eigenvalue weighted by Crippen LogP contribution is -2.41. The van der Waals surface area contributed by atoms with Gasteiger partial charge in [0.1, 0.15) is 5.69 Å². The summed E-state index contributed by atoms with van der Waals surface area (Å²) in [4.78, 5) is 17.9. The second-order valence-electron chi connectivity index (χ2n) is 11.1. The third kappa shape index (κ3) is 6.50. The summed E-state index contributed by atoms with van der Waals surface area (Å²) in [5, 5.41) is 14.7. The van der Waals surface area contributed by atoms with Crippen molar-refractivity contribution in [1.82, 2.24) is 29.7 Å². The number of benzene rings is 2. The molecule has 0 aliphatic carbocycles. The number of carbonyl (C=O) groups excluding carboxylic acids is 1. The maximum Gasteiger partial charge on any atom is 0.227 e. The lowest BCUT2D eigenvalue weighted by molar-refractivity contribution is -0.132. The number of carbonyl (C=O) groups is 1. The first-order valence-corrected chi connectivity index (χ1v) is 15.6. The molecule has 1 saturated heterocycles. The van der Waals surface area contributed by atoms with E-state index in [1.54, 1.807) is 16.8 Å². The van der Waals surface area contributed by atoms with Gasteiger partial charge in [0.25, 0.3) is 0 Å². The van der Waals surface area contributed by atoms with Crippen molar-refractivity contribution in [2.24, 2.45) is 0 Å². The Labute approximate surface area is 258 Å². The Morgan fingerprint density at radius 2 is 1.79 bits per heavy atom. The van der Waals surface area contributed by atoms with E-state index < -0.39 is 0 Å². The Balaban J connectivity index is 1.26. The number of halogens is 2. The van der Waals surface area contributed by atoms with Crippen molar-refractivity contribution in [3.05, 3.63) is 75.7 Å². The van der Waals surface area contributed by atoms with Crippen LogP contribution < -0.4 is 4.90 Å². The highest BCUT2D eigenvalue weighted by Gasteiger charge is 2.27. The lowest BCUT2D eigenvalue weighted by Gasteiger charge is -2.32. The van der Waals surface area contributed by atoms with E-state index in [2.05, 4.69) is 58.4 Å². The lowest BCUT2D eigenvalue weighted by atomic mass is 10.0. The summed E-state index contributed by atoms with van der Waals surface area (Å²) in [7, 11) is 0. The number of anilines is 1. The molecular weight excluding hydrogens is 569 g/mol. The molecule has 0 N–H and O–H groups in total. The highest BCUT2D eigenvalue weighted by Crippen LogP contribution is 2.29. The van der Waals surface area contributed by atoms with Crippen molar-refractivity contribution in [1.29, 1.82) is 0 Å². The van der Waals surface area contributed by atoms with Gasteiger partial charge >= 0.3 is 0 Å². The Kier molecular flexibility index (Phi) is 9.53. The fourth-order valence-electron chi connectivity index (χ4n) is 5.82. The molecule has 0 spiro atoms. The van der Waals surface area contributed by atoms with Crippen LogP contribution in [0.4, 0.5) is 5.69 Å². The van der Waals surface area contributed by atoms with E-state index in [4.69, 9.17) is 23.2 Å². The SMILES string of the molecule is CCCN(CCC)c1ccc(-c2cn(C3CCCN(C(=O)Cc4c(C)nn(-c5ccc(Cl)cc5Cl)c4C)C3)nn2)cc1. The molecule has 1 amide bonds. The van der Waals surface area contributed by atoms with Gasteiger partial charge in [-0.25, -0.2) is 9.36 Å². The monoisotopic (exact) mass is 607 g/mol. The summed E-state index contributed by atoms with van der Waals surface area (Å²) in [6, 6.07) is 14.0. The van der Waals surface area contributed by atoms with Crippen molar-refractivity contribution in [2.45, 2.75) is 65.8 Å². The van der Waals surface area contributed by atoms with Crippen molar-refractivity contribution < 1.29 is 4.79 Å². The largest absolute Gasteiger partial charge is 0.372 e. The Bertz CT molecular complexity index is 1520. The Morgan fingerprint density at radius 1 is 1.05 bits per heavy atom. The van der Waals surface area contributed by atoms with Crippen LogP contribution >= 0.6 is 23.2 Å². The van der Waals surface area contributed by atoms with Crippen molar-refractivity contribution >= 4 is 34.8 Å². The summed E-state index contributed by atoms with van der Waals surface area (Å²) in [6.07, 6.45) is 6.42. The molecule has 3 heterocycles. The van der Waals surface area contributed by atoms with E-state index in [0.29, 0.717) is 16.6 Å². The molecule has 1 unspecified atom stereocenters. The summed E-state index contributed by atoms with van der Waals surface area (Å²) in [5.41, 5.74) is 6.53. The zero-order valence-corrected chi connectivity index (χ0v) is 26.4. The Morgan fingerprint density at radius 3 is 2.48 bits per heavy atom. The van der Waals surface area contributed by atoms with E-state index in [1.165, 1.54) is 5.69 Å². The average Bonchev–Trinajstić information content (AvgIpc) is 3.59. The van der Waals surface area contributed by atoms with Crippen LogP contribution in [0.25, 0.3) is 16.9 Å². The van der Waals surface area contributed by atoms with Gasteiger partial charge in [0.15, 0.2) is 0 Å². The van der Waals surface area contributed by atoms with Gasteiger partial charge in [-0.3, -0.25) is 4.79 Å². The second-order valence-corrected chi connectivity index (χ2v) is 11.9. The van der Waals surface area contributed by atoms with Crippen LogP contribution in [0.15, 0.2) is 48.7 Å². The first-order chi connectivity index (χ1) is 20.3. The minimum absolute atomic E-state index is 0.0885. The Hall–Kier alpha value is -3.36. The highest BCUT2D eigenvalue weighted by atomic mass is 35.5. The molecule has 1 fully saturated rings. The summed E-state index contributed by atoms with van der Waals surface area (Å²) in [6.45, 7) is 11.8. The zero-order valence-electron chi connectivity index (χ0n) is 24.9. The van der Waals surface area contributed by atoms with Crippen molar-refractivity contribution in [2.75, 3.05) is 31.1 Å². The van der Waals surface area contributed by atoms with Crippen LogP contribution in [-0.4, -0.2) is 61.8 Å². The van der Waals surface area contributed by atoms with Gasteiger partial charge < -0.3 is 9.80 Å². The van der Waals surface area contributed by atoms with Gasteiger partial charge in [-0.15, -0.1) is 5.10 Å². The van der Waals surface area contributed by atoms with Gasteiger partial charge in [-0.1, -0.05) is 54.4 Å². The normalized spacial score (nSPS) is 15.3. The molecule has 222 valence electrons. The maximum atomic E-state index is 13.5. The molecule has 1 aliphatic rings. The molecular formula is C32H39Cl2N7O. The number of aromatic nitrogens is 5. The van der Waals surface area contributed by atoms with Crippen molar-refractivity contribution in [3.8, 4) is 16.9 Å². The first-order valence-electron chi connectivity index (χ1n) is 14.8. The van der Waals surface area contributed by atoms with Gasteiger partial charge in [-0.2, -0.15) is 5.10 Å². The van der Waals surface area contributed by atoms with E-state index >= 15 is 0 Å². The molecule has 2 aromatic heterocycles. The number of aryl methyl sites for hydroxylation is 1. The van der Waals surface area contributed by atoms with Crippen LogP contribution in [0.3, 0.4) is 0 Å². The second kappa shape index (κ2) is 13.3. The molecule has 1 aliphatic heterocycles. The van der Waals surface area contributed by atoms with Crippen molar-refractivity contribution in [3.63, 3.8) is 0 Å². The third-order valence-corrected chi connectivity index (χ3v) is 8.59. The molecule has 1 atom stereocenters. The number of amides is 1. The number of hydrogen-bond acceptors (Lipinski definition) is 5. The highest BCUT2D eigenvalue weighted by molar-refractivity contribution is 6.35. The van der Waals surface area contributed by atoms with E-state index in [0.717, 1.165) is 79.2 Å². The van der Waals surface area contributed by atoms with E-state index in [9.17, 15) is 4.79 Å². The van der Waals surface area contributed by atoms with E-state index in [-0.39, 0.29) is 18.4 Å². The summed E-state index contributed by atoms with van der Waals surface area (Å²) >= 11 is 12.5. The fraction of sp³-hybridized carbons (Fsp3) is 0.438. The standard InChI is InChI=1S/C32H39Cl2N7O/c1-5-15-38(16-6-2)26-12-9-24(10-13-26)30-21-40(37-35-30)27-8-7-17-39(20-27)32(42)19-28-22(3)36-41(23(28)4)31-14-11-25(33)18-29(31)34/h9-14,18,21,27H,5-8,15-17,19-20H2,1-4H3. The minimum atomic E-state index is 0.0885. The molecule has 0 saturated carbocycles. The molecule has 4 aromatic rings. The third-order valence-electron chi connectivity index (χ3n) is 8.06. The van der Waals surface area contributed by atoms with Crippen LogP contribution in [0.5, 0.6) is 0 Å². The fourth-order valence-corrected chi connectivity index (χ4v) is 6.31. The van der Waals surface area contributed by atoms with Gasteiger partial charge in [0.2, 0.25) is 5.91 Å². The average molecular weight is 609 g/mol. The summed E-state index contributed by atoms with van der Waals surface area (Å²) in [5.74, 6) is 0.0901. The molecule has 10 heteroatoms. The van der Waals surface area contributed by atoms with Crippen LogP contribution in [0.2, 0.25) is 10.0 Å². The molecule has 2 aromatic carbocycles. The maximum absolute atomic E-state index is 13.5. The smallest absolute Gasteiger partial charge is 0.227 e. The molecule has 0 bridgehead atoms. The molecule has 42 heavy (non-hydrogen) atoms. The number of likely N-dealkylation sites (tertiary alicyclic amines) is 1. The van der Waals surface area contributed by atoms with Crippen LogP contribution in [0, 0.1) is 13.8 Å². The predicted octanol–water partition coefficient (Wildman–Crippen LogP) is 7.09. The minimum Gasteiger partial charge on any atom is -0.372 e. The zero-order chi connectivity index (χ0) is 29.8. The van der Waals surface area contributed by atoms with Crippen LogP contribution in [0.1, 0.15) is 62.5 Å². The number of nitrogens with zero attached hydrogens (tertiary/aromatic N) is 7. The quantitative estimate of drug-likeness (QED) is 0.192. The van der Waals surface area contributed by atoms with Gasteiger partial charge in [-0.05, 0) is 69.9 Å². The first kappa shape index (κ1) is 30.1. The number of piperidine rings is 1. The van der Waals surface area contributed by atoms with Gasteiger partial charge in [0.05, 0.1) is 35.1 Å². The van der Waals surface area contributed by atoms with Crippen LogP contribution in [-0.2, 0) is 11.2 Å². The topological polar surface area (TPSA) is 72.1 Å². The molecule has 8 nitrogen and oxygen atoms in total. The van der Waals surface area contributed by atoms with Gasteiger partial charge in [0, 0.05) is 53.7 Å². The number of rotatable bonds is 10. The number of hydrogen-bond donors (Lipinski definition) is 0. The predicted molar refractivity (Wildman–Crippen MR) is 170 cm³/mol. The molecule has 5 rings (SSSR count). The van der Waals surface area contributed by atoms with E-state index in [1.807, 2.05) is 35.7 Å². The summed E-state index contributed by atoms with van der Waals surface area (Å²) < 4.78 is 3.73. The molecule has 0 radical (unpaired) electrons.